The van der Waals surface area contributed by atoms with Gasteiger partial charge in [-0.1, -0.05) is 42.3 Å². The number of aromatic nitrogens is 2. The van der Waals surface area contributed by atoms with Crippen LogP contribution < -0.4 is 0 Å². The number of hydrogen-bond acceptors (Lipinski definition) is 5. The topological polar surface area (TPSA) is 70.9 Å². The van der Waals surface area contributed by atoms with E-state index in [1.54, 1.807) is 17.0 Å². The van der Waals surface area contributed by atoms with Crippen LogP contribution in [0.15, 0.2) is 79.3 Å². The lowest BCUT2D eigenvalue weighted by Gasteiger charge is -2.45. The number of hydrogen-bond donors (Lipinski definition) is 0. The molecule has 51 heavy (non-hydrogen) atoms. The monoisotopic (exact) mass is 711 g/mol. The number of aryl methyl sites for hydroxylation is 4. The summed E-state index contributed by atoms with van der Waals surface area (Å²) in [4.78, 5) is 39.7. The number of benzene rings is 2. The minimum Gasteiger partial charge on any atom is -0.446 e. The Morgan fingerprint density at radius 1 is 1.00 bits per heavy atom. The fourth-order valence-corrected chi connectivity index (χ4v) is 8.24. The van der Waals surface area contributed by atoms with Crippen LogP contribution in [-0.4, -0.2) is 74.6 Å². The summed E-state index contributed by atoms with van der Waals surface area (Å²) in [6.45, 7) is 4.80. The smallest absolute Gasteiger partial charge is 0.410 e. The van der Waals surface area contributed by atoms with Crippen molar-refractivity contribution in [3.05, 3.63) is 124 Å². The van der Waals surface area contributed by atoms with E-state index in [0.29, 0.717) is 37.7 Å². The molecule has 2 aliphatic carbocycles. The van der Waals surface area contributed by atoms with Gasteiger partial charge in [-0.05, 0) is 116 Å². The van der Waals surface area contributed by atoms with Crippen molar-refractivity contribution in [1.29, 1.82) is 0 Å². The standard InChI is InChI=1S/C41H47ClFN5O3/c1-29-18-22-45(26-29)20-6-21-47(27-30-10-15-34(43)16-11-30)40(49)37-28-46(23-24-48(37)41(50)51-35-8-3-2-4-9-35)39-36-17-14-33(42)25-32(36)13-12-31-7-5-19-44-38(31)39/h5,7,10-11,14-19,22,25-26,35,37,39H,2-4,6,8-9,12-13,20-21,23-24,27-28H2,1H3/t37-,39+/m1/s1. The maximum atomic E-state index is 15.0. The van der Waals surface area contributed by atoms with Gasteiger partial charge >= 0.3 is 6.09 Å². The number of fused-ring (bicyclic) bond motifs is 2. The van der Waals surface area contributed by atoms with Gasteiger partial charge in [-0.3, -0.25) is 19.6 Å². The van der Waals surface area contributed by atoms with Crippen molar-refractivity contribution in [2.24, 2.45) is 0 Å². The van der Waals surface area contributed by atoms with Crippen molar-refractivity contribution in [3.8, 4) is 0 Å². The predicted molar refractivity (Wildman–Crippen MR) is 196 cm³/mol. The van der Waals surface area contributed by atoms with Gasteiger partial charge in [0.1, 0.15) is 18.0 Å². The Hall–Kier alpha value is -4.21. The summed E-state index contributed by atoms with van der Waals surface area (Å²) in [5.41, 5.74) is 6.47. The number of carbonyl (C=O) groups excluding carboxylic acids is 2. The number of piperazine rings is 1. The number of pyridine rings is 1. The fraction of sp³-hybridized carbons (Fsp3) is 0.439. The number of ether oxygens (including phenoxy) is 1. The van der Waals surface area contributed by atoms with E-state index < -0.39 is 12.1 Å². The van der Waals surface area contributed by atoms with E-state index in [2.05, 4.69) is 40.8 Å². The van der Waals surface area contributed by atoms with Gasteiger partial charge in [0.05, 0.1) is 11.7 Å². The van der Waals surface area contributed by atoms with E-state index in [1.165, 1.54) is 28.8 Å². The van der Waals surface area contributed by atoms with Gasteiger partial charge in [0.25, 0.3) is 0 Å². The zero-order valence-corrected chi connectivity index (χ0v) is 30.1. The van der Waals surface area contributed by atoms with Gasteiger partial charge in [0, 0.05) is 62.9 Å². The van der Waals surface area contributed by atoms with Gasteiger partial charge in [-0.2, -0.15) is 0 Å². The van der Waals surface area contributed by atoms with Crippen LogP contribution in [0.2, 0.25) is 5.02 Å². The summed E-state index contributed by atoms with van der Waals surface area (Å²) in [5, 5.41) is 0.696. The Balaban J connectivity index is 1.21. The van der Waals surface area contributed by atoms with Gasteiger partial charge in [0.15, 0.2) is 0 Å². The maximum Gasteiger partial charge on any atom is 0.410 e. The van der Waals surface area contributed by atoms with Crippen molar-refractivity contribution >= 4 is 23.6 Å². The van der Waals surface area contributed by atoms with E-state index in [1.807, 2.05) is 35.5 Å². The lowest BCUT2D eigenvalue weighted by molar-refractivity contribution is -0.140. The number of halogens is 2. The third-order valence-electron chi connectivity index (χ3n) is 10.7. The Morgan fingerprint density at radius 2 is 1.80 bits per heavy atom. The average molecular weight is 712 g/mol. The summed E-state index contributed by atoms with van der Waals surface area (Å²) in [5.74, 6) is -0.461. The minimum absolute atomic E-state index is 0.130. The molecule has 2 aromatic heterocycles. The van der Waals surface area contributed by atoms with Crippen LogP contribution in [0.1, 0.15) is 78.1 Å². The molecule has 0 spiro atoms. The molecule has 1 saturated heterocycles. The SMILES string of the molecule is Cc1ccn(CCCN(Cc2ccc(F)cc2)C(=O)[C@H]2CN([C@H]3c4ccc(Cl)cc4CCc4cccnc43)CCN2C(=O)OC2CCCCC2)c1. The first-order valence-corrected chi connectivity index (χ1v) is 18.8. The van der Waals surface area contributed by atoms with E-state index in [-0.39, 0.29) is 23.9 Å². The molecule has 2 fully saturated rings. The lowest BCUT2D eigenvalue weighted by Crippen LogP contribution is -2.62. The quantitative estimate of drug-likeness (QED) is 0.178. The van der Waals surface area contributed by atoms with Crippen LogP contribution >= 0.6 is 11.6 Å². The Labute approximate surface area is 305 Å². The Morgan fingerprint density at radius 3 is 2.59 bits per heavy atom. The minimum atomic E-state index is -0.782. The van der Waals surface area contributed by atoms with Crippen molar-refractivity contribution in [3.63, 3.8) is 0 Å². The number of amides is 2. The summed E-state index contributed by atoms with van der Waals surface area (Å²) >= 11 is 6.51. The molecule has 1 aliphatic heterocycles. The van der Waals surface area contributed by atoms with Gasteiger partial charge in [-0.25, -0.2) is 9.18 Å². The summed E-state index contributed by atoms with van der Waals surface area (Å²) < 4.78 is 22.2. The second kappa shape index (κ2) is 16.0. The highest BCUT2D eigenvalue weighted by molar-refractivity contribution is 6.30. The molecule has 0 bridgehead atoms. The fourth-order valence-electron chi connectivity index (χ4n) is 8.05. The van der Waals surface area contributed by atoms with Crippen LogP contribution in [0, 0.1) is 12.7 Å². The largest absolute Gasteiger partial charge is 0.446 e. The Kier molecular flexibility index (Phi) is 11.0. The maximum absolute atomic E-state index is 15.0. The molecule has 0 unspecified atom stereocenters. The molecule has 2 atom stereocenters. The first kappa shape index (κ1) is 35.2. The molecule has 1 saturated carbocycles. The van der Waals surface area contributed by atoms with Crippen LogP contribution in [0.3, 0.4) is 0 Å². The molecular formula is C41H47ClFN5O3. The molecule has 2 amide bonds. The van der Waals surface area contributed by atoms with Crippen molar-refractivity contribution in [1.82, 2.24) is 24.3 Å². The van der Waals surface area contributed by atoms with E-state index in [0.717, 1.165) is 74.7 Å². The van der Waals surface area contributed by atoms with Crippen molar-refractivity contribution < 1.29 is 18.7 Å². The number of nitrogens with zero attached hydrogens (tertiary/aromatic N) is 5. The first-order valence-electron chi connectivity index (χ1n) is 18.4. The second-order valence-electron chi connectivity index (χ2n) is 14.3. The summed E-state index contributed by atoms with van der Waals surface area (Å²) in [6, 6.07) is 17.6. The van der Waals surface area contributed by atoms with E-state index in [9.17, 15) is 14.0 Å². The molecule has 3 heterocycles. The van der Waals surface area contributed by atoms with Crippen LogP contribution in [0.5, 0.6) is 0 Å². The van der Waals surface area contributed by atoms with Crippen LogP contribution in [0.25, 0.3) is 0 Å². The third-order valence-corrected chi connectivity index (χ3v) is 10.9. The number of rotatable bonds is 9. The van der Waals surface area contributed by atoms with Crippen LogP contribution in [-0.2, 0) is 35.5 Å². The number of carbonyl (C=O) groups is 2. The highest BCUT2D eigenvalue weighted by Gasteiger charge is 2.42. The average Bonchev–Trinajstić information content (AvgIpc) is 3.49. The van der Waals surface area contributed by atoms with E-state index >= 15 is 0 Å². The Bertz CT molecular complexity index is 1820. The van der Waals surface area contributed by atoms with Crippen molar-refractivity contribution in [2.45, 2.75) is 89.6 Å². The zero-order valence-electron chi connectivity index (χ0n) is 29.4. The molecule has 3 aliphatic rings. The second-order valence-corrected chi connectivity index (χ2v) is 14.7. The van der Waals surface area contributed by atoms with Crippen molar-refractivity contribution in [2.75, 3.05) is 26.2 Å². The molecule has 2 aromatic carbocycles. The molecule has 10 heteroatoms. The zero-order chi connectivity index (χ0) is 35.3. The highest BCUT2D eigenvalue weighted by atomic mass is 35.5. The molecule has 7 rings (SSSR count). The first-order chi connectivity index (χ1) is 24.8. The molecule has 4 aromatic rings. The molecule has 0 N–H and O–H groups in total. The third kappa shape index (κ3) is 8.31. The highest BCUT2D eigenvalue weighted by Crippen LogP contribution is 2.38. The molecule has 8 nitrogen and oxygen atoms in total. The summed E-state index contributed by atoms with van der Waals surface area (Å²) in [6.07, 6.45) is 12.8. The van der Waals surface area contributed by atoms with E-state index in [4.69, 9.17) is 21.3 Å². The predicted octanol–water partition coefficient (Wildman–Crippen LogP) is 7.75. The molecule has 268 valence electrons. The summed E-state index contributed by atoms with van der Waals surface area (Å²) in [7, 11) is 0. The lowest BCUT2D eigenvalue weighted by atomic mass is 9.95. The van der Waals surface area contributed by atoms with Crippen LogP contribution in [0.4, 0.5) is 9.18 Å². The van der Waals surface area contributed by atoms with Gasteiger partial charge in [0.2, 0.25) is 5.91 Å². The van der Waals surface area contributed by atoms with Gasteiger partial charge < -0.3 is 14.2 Å². The normalized spacial score (nSPS) is 19.5. The molecule has 0 radical (unpaired) electrons. The van der Waals surface area contributed by atoms with Gasteiger partial charge in [-0.15, -0.1) is 0 Å². The molecular weight excluding hydrogens is 665 g/mol.